The topological polar surface area (TPSA) is 61.6 Å². The molecule has 18 heavy (non-hydrogen) atoms. The number of carbonyl (C=O) groups excluding carboxylic acids is 1. The van der Waals surface area contributed by atoms with Crippen LogP contribution in [0.4, 0.5) is 0 Å². The summed E-state index contributed by atoms with van der Waals surface area (Å²) in [5.74, 6) is 0. The zero-order valence-corrected chi connectivity index (χ0v) is 12.1. The molecular weight excluding hydrogens is 232 g/mol. The third-order valence-corrected chi connectivity index (χ3v) is 3.00. The van der Waals surface area contributed by atoms with E-state index in [9.17, 15) is 4.79 Å². The number of ether oxygens (including phenoxy) is 2. The van der Waals surface area contributed by atoms with E-state index >= 15 is 0 Å². The van der Waals surface area contributed by atoms with Gasteiger partial charge in [-0.3, -0.25) is 0 Å². The first-order chi connectivity index (χ1) is 8.52. The summed E-state index contributed by atoms with van der Waals surface area (Å²) in [5, 5.41) is 0. The van der Waals surface area contributed by atoms with E-state index in [2.05, 4.69) is 14.1 Å². The lowest BCUT2D eigenvalue weighted by Crippen LogP contribution is -2.43. The Balaban J connectivity index is 3.51. The normalized spacial score (nSPS) is 13.6. The van der Waals surface area contributed by atoms with Crippen LogP contribution in [0.1, 0.15) is 19.3 Å². The third-order valence-electron chi connectivity index (χ3n) is 3.00. The van der Waals surface area contributed by atoms with Crippen LogP contribution in [-0.4, -0.2) is 70.9 Å². The second-order valence-corrected chi connectivity index (χ2v) is 5.28. The first kappa shape index (κ1) is 17.5. The van der Waals surface area contributed by atoms with E-state index in [0.29, 0.717) is 13.2 Å². The van der Waals surface area contributed by atoms with E-state index in [1.165, 1.54) is 0 Å². The summed E-state index contributed by atoms with van der Waals surface area (Å²) in [6, 6.07) is -0.294. The maximum absolute atomic E-state index is 10.4. The number of hydrogen-bond acceptors (Lipinski definition) is 4. The van der Waals surface area contributed by atoms with E-state index in [1.807, 2.05) is 0 Å². The summed E-state index contributed by atoms with van der Waals surface area (Å²) in [7, 11) is 6.06. The number of nitrogens with zero attached hydrogens (tertiary/aromatic N) is 1. The Morgan fingerprint density at radius 2 is 1.89 bits per heavy atom. The third kappa shape index (κ3) is 10.7. The van der Waals surface area contributed by atoms with Crippen LogP contribution in [0, 0.1) is 0 Å². The predicted octanol–water partition coefficient (Wildman–Crippen LogP) is 0.422. The van der Waals surface area contributed by atoms with Crippen molar-refractivity contribution in [2.45, 2.75) is 25.3 Å². The largest absolute Gasteiger partial charge is 0.382 e. The molecule has 0 saturated carbocycles. The van der Waals surface area contributed by atoms with Crippen molar-refractivity contribution >= 4 is 6.29 Å². The quantitative estimate of drug-likeness (QED) is 0.314. The van der Waals surface area contributed by atoms with Gasteiger partial charge in [0, 0.05) is 7.11 Å². The van der Waals surface area contributed by atoms with Gasteiger partial charge in [0.05, 0.1) is 46.5 Å². The van der Waals surface area contributed by atoms with Gasteiger partial charge in [0.1, 0.15) is 12.8 Å². The van der Waals surface area contributed by atoms with E-state index < -0.39 is 0 Å². The molecule has 5 heteroatoms. The molecule has 0 aliphatic heterocycles. The van der Waals surface area contributed by atoms with Crippen molar-refractivity contribution in [2.24, 2.45) is 5.73 Å². The molecule has 0 aromatic rings. The lowest BCUT2D eigenvalue weighted by Gasteiger charge is -2.29. The molecule has 0 spiro atoms. The molecule has 0 aliphatic rings. The summed E-state index contributed by atoms with van der Waals surface area (Å²) >= 11 is 0. The van der Waals surface area contributed by atoms with Gasteiger partial charge < -0.3 is 24.5 Å². The first-order valence-electron chi connectivity index (χ1n) is 6.61. The summed E-state index contributed by atoms with van der Waals surface area (Å²) in [6.45, 7) is 4.13. The molecule has 0 unspecified atom stereocenters. The van der Waals surface area contributed by atoms with E-state index in [1.54, 1.807) is 7.11 Å². The molecule has 0 aromatic carbocycles. The van der Waals surface area contributed by atoms with Gasteiger partial charge in [-0.25, -0.2) is 0 Å². The van der Waals surface area contributed by atoms with Gasteiger partial charge in [-0.05, 0) is 19.3 Å². The number of hydrogen-bond donors (Lipinski definition) is 1. The second-order valence-electron chi connectivity index (χ2n) is 5.28. The molecule has 0 heterocycles. The van der Waals surface area contributed by atoms with Crippen molar-refractivity contribution in [1.82, 2.24) is 0 Å². The van der Waals surface area contributed by atoms with Gasteiger partial charge in [-0.2, -0.15) is 0 Å². The number of methoxy groups -OCH3 is 1. The van der Waals surface area contributed by atoms with Crippen LogP contribution in [0.25, 0.3) is 0 Å². The van der Waals surface area contributed by atoms with Crippen LogP contribution >= 0.6 is 0 Å². The van der Waals surface area contributed by atoms with Gasteiger partial charge in [0.15, 0.2) is 0 Å². The Morgan fingerprint density at radius 1 is 1.17 bits per heavy atom. The van der Waals surface area contributed by atoms with Gasteiger partial charge in [0.2, 0.25) is 0 Å². The lowest BCUT2D eigenvalue weighted by atomic mass is 10.1. The standard InChI is InChI=1S/C13H29N2O3/c1-15(2,8-9-18-11-10-17-3)7-5-4-6-13(14)12-16/h12-13H,4-11,14H2,1-3H3/q+1/t13-/m0/s1. The minimum atomic E-state index is -0.294. The Labute approximate surface area is 111 Å². The van der Waals surface area contributed by atoms with Crippen molar-refractivity contribution in [3.63, 3.8) is 0 Å². The number of carbonyl (C=O) groups is 1. The van der Waals surface area contributed by atoms with Crippen LogP contribution in [-0.2, 0) is 14.3 Å². The Morgan fingerprint density at radius 3 is 2.50 bits per heavy atom. The van der Waals surface area contributed by atoms with Crippen molar-refractivity contribution in [3.8, 4) is 0 Å². The molecule has 0 saturated heterocycles. The number of unbranched alkanes of at least 4 members (excludes halogenated alkanes) is 1. The highest BCUT2D eigenvalue weighted by molar-refractivity contribution is 5.56. The number of likely N-dealkylation sites (N-methyl/N-ethyl adjacent to an activating group) is 1. The van der Waals surface area contributed by atoms with Crippen molar-refractivity contribution < 1.29 is 18.8 Å². The zero-order valence-electron chi connectivity index (χ0n) is 12.1. The first-order valence-corrected chi connectivity index (χ1v) is 6.61. The van der Waals surface area contributed by atoms with Crippen LogP contribution in [0.2, 0.25) is 0 Å². The SMILES string of the molecule is COCCOCC[N+](C)(C)CCCC[C@H](N)C=O. The summed E-state index contributed by atoms with van der Waals surface area (Å²) in [6.07, 6.45) is 3.70. The number of quaternary nitrogens is 1. The molecule has 0 rings (SSSR count). The average Bonchev–Trinajstić information content (AvgIpc) is 2.34. The van der Waals surface area contributed by atoms with Crippen molar-refractivity contribution in [2.75, 3.05) is 54.1 Å². The predicted molar refractivity (Wildman–Crippen MR) is 72.4 cm³/mol. The summed E-state index contributed by atoms with van der Waals surface area (Å²) in [4.78, 5) is 10.4. The molecule has 0 aromatic heterocycles. The fraction of sp³-hybridized carbons (Fsp3) is 0.923. The zero-order chi connectivity index (χ0) is 13.9. The molecule has 108 valence electrons. The van der Waals surface area contributed by atoms with Gasteiger partial charge in [-0.15, -0.1) is 0 Å². The minimum absolute atomic E-state index is 0.294. The maximum Gasteiger partial charge on any atom is 0.136 e. The molecule has 0 fully saturated rings. The lowest BCUT2D eigenvalue weighted by molar-refractivity contribution is -0.891. The molecule has 5 nitrogen and oxygen atoms in total. The molecule has 1 atom stereocenters. The fourth-order valence-electron chi connectivity index (χ4n) is 1.66. The minimum Gasteiger partial charge on any atom is -0.382 e. The monoisotopic (exact) mass is 261 g/mol. The van der Waals surface area contributed by atoms with Crippen LogP contribution in [0.3, 0.4) is 0 Å². The molecule has 0 radical (unpaired) electrons. The number of nitrogens with two attached hydrogens (primary N) is 1. The maximum atomic E-state index is 10.4. The van der Waals surface area contributed by atoms with Crippen molar-refractivity contribution in [3.05, 3.63) is 0 Å². The highest BCUT2D eigenvalue weighted by Crippen LogP contribution is 2.04. The van der Waals surface area contributed by atoms with Crippen LogP contribution in [0.5, 0.6) is 0 Å². The Kier molecular flexibility index (Phi) is 10.2. The molecule has 0 bridgehead atoms. The van der Waals surface area contributed by atoms with Gasteiger partial charge >= 0.3 is 0 Å². The molecule has 0 amide bonds. The number of aldehydes is 1. The summed E-state index contributed by atoms with van der Waals surface area (Å²) < 4.78 is 11.3. The second kappa shape index (κ2) is 10.4. The molecule has 2 N–H and O–H groups in total. The summed E-state index contributed by atoms with van der Waals surface area (Å²) in [5.41, 5.74) is 5.54. The highest BCUT2D eigenvalue weighted by atomic mass is 16.5. The van der Waals surface area contributed by atoms with Crippen molar-refractivity contribution in [1.29, 1.82) is 0 Å². The van der Waals surface area contributed by atoms with Gasteiger partial charge in [0.25, 0.3) is 0 Å². The Bertz CT molecular complexity index is 210. The van der Waals surface area contributed by atoms with E-state index in [0.717, 1.165) is 49.7 Å². The Hall–Kier alpha value is -0.490. The van der Waals surface area contributed by atoms with E-state index in [-0.39, 0.29) is 6.04 Å². The average molecular weight is 261 g/mol. The fourth-order valence-corrected chi connectivity index (χ4v) is 1.66. The van der Waals surface area contributed by atoms with Gasteiger partial charge in [-0.1, -0.05) is 0 Å². The smallest absolute Gasteiger partial charge is 0.136 e. The van der Waals surface area contributed by atoms with Crippen LogP contribution in [0.15, 0.2) is 0 Å². The highest BCUT2D eigenvalue weighted by Gasteiger charge is 2.14. The molecular formula is C13H29N2O3+. The van der Waals surface area contributed by atoms with Crippen LogP contribution < -0.4 is 5.73 Å². The number of rotatable bonds is 12. The van der Waals surface area contributed by atoms with E-state index in [4.69, 9.17) is 15.2 Å². The molecule has 0 aliphatic carbocycles.